The minimum Gasteiger partial charge on any atom is -0.335 e. The monoisotopic (exact) mass is 312 g/mol. The van der Waals surface area contributed by atoms with E-state index in [-0.39, 0.29) is 23.7 Å². The molecule has 0 aliphatic carbocycles. The smallest absolute Gasteiger partial charge is 0.267 e. The molecule has 0 radical (unpaired) electrons. The van der Waals surface area contributed by atoms with Crippen LogP contribution in [0.2, 0.25) is 0 Å². The Kier molecular flexibility index (Phi) is 3.92. The van der Waals surface area contributed by atoms with Crippen molar-refractivity contribution in [2.24, 2.45) is 0 Å². The summed E-state index contributed by atoms with van der Waals surface area (Å²) >= 11 is 0. The predicted octanol–water partition coefficient (Wildman–Crippen LogP) is 1.89. The molecule has 0 atom stereocenters. The molecule has 0 aliphatic heterocycles. The Bertz CT molecular complexity index is 926. The van der Waals surface area contributed by atoms with Gasteiger partial charge in [-0.2, -0.15) is 0 Å². The van der Waals surface area contributed by atoms with Gasteiger partial charge in [0.2, 0.25) is 5.91 Å². The van der Waals surface area contributed by atoms with Crippen molar-refractivity contribution in [1.82, 2.24) is 14.7 Å². The second-order valence-electron chi connectivity index (χ2n) is 5.23. The normalized spacial score (nSPS) is 10.9. The first-order chi connectivity index (χ1) is 11.1. The number of nitrogens with one attached hydrogen (secondary N) is 1. The lowest BCUT2D eigenvalue weighted by Gasteiger charge is -2.08. The minimum atomic E-state index is -0.341. The van der Waals surface area contributed by atoms with Crippen LogP contribution in [-0.2, 0) is 17.8 Å². The van der Waals surface area contributed by atoms with Crippen molar-refractivity contribution < 1.29 is 9.32 Å². The van der Waals surface area contributed by atoms with Gasteiger partial charge in [0, 0.05) is 5.69 Å². The van der Waals surface area contributed by atoms with Crippen molar-refractivity contribution in [2.75, 3.05) is 5.32 Å². The van der Waals surface area contributed by atoms with E-state index in [4.69, 9.17) is 4.52 Å². The number of nitrogens with zero attached hydrogens (tertiary/aromatic N) is 3. The lowest BCUT2D eigenvalue weighted by molar-refractivity contribution is -0.116. The molecule has 0 saturated carbocycles. The molecule has 0 fully saturated rings. The average molecular weight is 312 g/mol. The Labute approximate surface area is 131 Å². The van der Waals surface area contributed by atoms with Crippen molar-refractivity contribution in [3.8, 4) is 0 Å². The van der Waals surface area contributed by atoms with Gasteiger partial charge >= 0.3 is 0 Å². The van der Waals surface area contributed by atoms with Gasteiger partial charge in [0.05, 0.1) is 5.69 Å². The highest BCUT2D eigenvalue weighted by Gasteiger charge is 2.14. The summed E-state index contributed by atoms with van der Waals surface area (Å²) in [6, 6.07) is 7.60. The Morgan fingerprint density at radius 3 is 3.00 bits per heavy atom. The van der Waals surface area contributed by atoms with Crippen LogP contribution in [0, 0.1) is 6.92 Å². The number of fused-ring (bicyclic) bond motifs is 1. The summed E-state index contributed by atoms with van der Waals surface area (Å²) in [4.78, 5) is 28.5. The summed E-state index contributed by atoms with van der Waals surface area (Å²) in [7, 11) is 0. The fourth-order valence-electron chi connectivity index (χ4n) is 2.35. The maximum Gasteiger partial charge on any atom is 0.267 e. The van der Waals surface area contributed by atoms with Gasteiger partial charge in [0.1, 0.15) is 18.3 Å². The van der Waals surface area contributed by atoms with Crippen LogP contribution in [0.5, 0.6) is 0 Å². The molecule has 1 N–H and O–H groups in total. The quantitative estimate of drug-likeness (QED) is 0.794. The van der Waals surface area contributed by atoms with Crippen LogP contribution in [0.1, 0.15) is 18.2 Å². The summed E-state index contributed by atoms with van der Waals surface area (Å²) in [5.74, 6) is -0.296. The van der Waals surface area contributed by atoms with E-state index in [9.17, 15) is 9.59 Å². The van der Waals surface area contributed by atoms with Gasteiger partial charge < -0.3 is 9.84 Å². The van der Waals surface area contributed by atoms with E-state index in [1.54, 1.807) is 6.92 Å². The highest BCUT2D eigenvalue weighted by molar-refractivity contribution is 5.90. The molecule has 7 nitrogen and oxygen atoms in total. The molecule has 3 aromatic rings. The lowest BCUT2D eigenvalue weighted by Crippen LogP contribution is -2.27. The maximum atomic E-state index is 12.3. The van der Waals surface area contributed by atoms with Gasteiger partial charge in [0.25, 0.3) is 11.3 Å². The zero-order valence-electron chi connectivity index (χ0n) is 12.9. The largest absolute Gasteiger partial charge is 0.335 e. The van der Waals surface area contributed by atoms with Crippen molar-refractivity contribution in [3.63, 3.8) is 0 Å². The van der Waals surface area contributed by atoms with Crippen molar-refractivity contribution in [1.29, 1.82) is 0 Å². The van der Waals surface area contributed by atoms with E-state index >= 15 is 0 Å². The fourth-order valence-corrected chi connectivity index (χ4v) is 2.35. The molecule has 2 heterocycles. The summed E-state index contributed by atoms with van der Waals surface area (Å²) in [5.41, 5.74) is 2.13. The number of hydrogen-bond acceptors (Lipinski definition) is 5. The van der Waals surface area contributed by atoms with Crippen molar-refractivity contribution in [3.05, 3.63) is 52.2 Å². The van der Waals surface area contributed by atoms with Crippen molar-refractivity contribution in [2.45, 2.75) is 26.8 Å². The van der Waals surface area contributed by atoms with Gasteiger partial charge in [-0.1, -0.05) is 24.2 Å². The third-order valence-electron chi connectivity index (χ3n) is 3.57. The highest BCUT2D eigenvalue weighted by atomic mass is 16.5. The van der Waals surface area contributed by atoms with E-state index in [1.807, 2.05) is 31.2 Å². The second kappa shape index (κ2) is 6.04. The van der Waals surface area contributed by atoms with Gasteiger partial charge in [-0.15, -0.1) is 0 Å². The molecule has 7 heteroatoms. The van der Waals surface area contributed by atoms with Gasteiger partial charge in [-0.3, -0.25) is 14.2 Å². The van der Waals surface area contributed by atoms with E-state index in [2.05, 4.69) is 15.5 Å². The van der Waals surface area contributed by atoms with Crippen LogP contribution in [0.15, 0.2) is 39.9 Å². The molecule has 1 amide bonds. The van der Waals surface area contributed by atoms with Crippen LogP contribution in [0.3, 0.4) is 0 Å². The molecule has 118 valence electrons. The average Bonchev–Trinajstić information content (AvgIpc) is 2.92. The first-order valence-corrected chi connectivity index (χ1v) is 7.28. The van der Waals surface area contributed by atoms with E-state index in [1.165, 1.54) is 10.9 Å². The lowest BCUT2D eigenvalue weighted by atomic mass is 10.1. The molecule has 23 heavy (non-hydrogen) atoms. The number of rotatable bonds is 4. The van der Waals surface area contributed by atoms with Crippen LogP contribution >= 0.6 is 0 Å². The van der Waals surface area contributed by atoms with Crippen molar-refractivity contribution >= 4 is 22.7 Å². The molecular formula is C16H16N4O3. The molecule has 1 aromatic carbocycles. The molecule has 2 aromatic heterocycles. The SMILES string of the molecule is CCc1cccc(NC(=O)Cn2cnc3onc(C)c3c2=O)c1. The summed E-state index contributed by atoms with van der Waals surface area (Å²) in [5, 5.41) is 6.79. The number of amides is 1. The first-order valence-electron chi connectivity index (χ1n) is 7.28. The first kappa shape index (κ1) is 15.0. The number of carbonyl (C=O) groups excluding carboxylic acids is 1. The highest BCUT2D eigenvalue weighted by Crippen LogP contribution is 2.12. The van der Waals surface area contributed by atoms with Gasteiger partial charge in [0.15, 0.2) is 0 Å². The second-order valence-corrected chi connectivity index (χ2v) is 5.23. The summed E-state index contributed by atoms with van der Waals surface area (Å²) in [6.07, 6.45) is 2.17. The molecule has 0 spiro atoms. The third-order valence-corrected chi connectivity index (χ3v) is 3.57. The number of anilines is 1. The van der Waals surface area contributed by atoms with Crippen LogP contribution in [0.4, 0.5) is 5.69 Å². The zero-order valence-corrected chi connectivity index (χ0v) is 12.9. The number of hydrogen-bond donors (Lipinski definition) is 1. The Balaban J connectivity index is 1.81. The Morgan fingerprint density at radius 2 is 2.22 bits per heavy atom. The molecule has 0 unspecified atom stereocenters. The van der Waals surface area contributed by atoms with Crippen LogP contribution < -0.4 is 10.9 Å². The molecule has 0 aliphatic rings. The summed E-state index contributed by atoms with van der Waals surface area (Å²) in [6.45, 7) is 3.58. The topological polar surface area (TPSA) is 90.0 Å². The van der Waals surface area contributed by atoms with Gasteiger partial charge in [-0.25, -0.2) is 4.98 Å². The molecular weight excluding hydrogens is 296 g/mol. The van der Waals surface area contributed by atoms with Crippen LogP contribution in [0.25, 0.3) is 11.1 Å². The minimum absolute atomic E-state index is 0.122. The number of aromatic nitrogens is 3. The number of aryl methyl sites for hydroxylation is 2. The fraction of sp³-hybridized carbons (Fsp3) is 0.250. The maximum absolute atomic E-state index is 12.3. The zero-order chi connectivity index (χ0) is 16.4. The molecule has 0 saturated heterocycles. The predicted molar refractivity (Wildman–Crippen MR) is 85.3 cm³/mol. The van der Waals surface area contributed by atoms with E-state index in [0.29, 0.717) is 16.8 Å². The summed E-state index contributed by atoms with van der Waals surface area (Å²) < 4.78 is 6.18. The Hall–Kier alpha value is -2.96. The van der Waals surface area contributed by atoms with E-state index in [0.717, 1.165) is 12.0 Å². The number of carbonyl (C=O) groups is 1. The van der Waals surface area contributed by atoms with Crippen LogP contribution in [-0.4, -0.2) is 20.6 Å². The standard InChI is InChI=1S/C16H16N4O3/c1-3-11-5-4-6-12(7-11)18-13(21)8-20-9-17-15-14(16(20)22)10(2)19-23-15/h4-7,9H,3,8H2,1-2H3,(H,18,21). The molecule has 3 rings (SSSR count). The third kappa shape index (κ3) is 2.98. The Morgan fingerprint density at radius 1 is 1.39 bits per heavy atom. The van der Waals surface area contributed by atoms with Gasteiger partial charge in [-0.05, 0) is 31.0 Å². The van der Waals surface area contributed by atoms with E-state index < -0.39 is 0 Å². The molecule has 0 bridgehead atoms. The number of benzene rings is 1.